The van der Waals surface area contributed by atoms with E-state index in [1.165, 1.54) is 24.8 Å². The molecule has 1 saturated carbocycles. The number of aliphatic imine (C=N–C) groups is 1. The molecule has 4 atom stereocenters. The van der Waals surface area contributed by atoms with E-state index in [1.807, 2.05) is 6.21 Å². The van der Waals surface area contributed by atoms with E-state index in [1.54, 1.807) is 0 Å². The highest BCUT2D eigenvalue weighted by Crippen LogP contribution is 2.42. The predicted molar refractivity (Wildman–Crippen MR) is 148 cm³/mol. The highest BCUT2D eigenvalue weighted by molar-refractivity contribution is 5.85. The van der Waals surface area contributed by atoms with Gasteiger partial charge in [0.15, 0.2) is 0 Å². The van der Waals surface area contributed by atoms with Crippen molar-refractivity contribution in [3.8, 4) is 5.75 Å². The summed E-state index contributed by atoms with van der Waals surface area (Å²) in [5.74, 6) is 0.929. The number of phenols is 1. The summed E-state index contributed by atoms with van der Waals surface area (Å²) >= 11 is 0. The molecule has 0 aromatic heterocycles. The Hall–Kier alpha value is -1.35. The minimum absolute atomic E-state index is 0.00297. The Balaban J connectivity index is 2.39. The third-order valence-electron chi connectivity index (χ3n) is 7.74. The summed E-state index contributed by atoms with van der Waals surface area (Å²) < 4.78 is 6.78. The number of hydrogen-bond donors (Lipinski definition) is 1. The number of aromatic hydroxyl groups is 1. The fourth-order valence-electron chi connectivity index (χ4n) is 5.36. The van der Waals surface area contributed by atoms with E-state index in [0.717, 1.165) is 30.4 Å². The van der Waals surface area contributed by atoms with Gasteiger partial charge in [0, 0.05) is 17.3 Å². The third kappa shape index (κ3) is 7.33. The monoisotopic (exact) mass is 471 g/mol. The first-order valence-electron chi connectivity index (χ1n) is 13.6. The Morgan fingerprint density at radius 3 is 2.32 bits per heavy atom. The Labute approximate surface area is 210 Å². The van der Waals surface area contributed by atoms with Crippen molar-refractivity contribution >= 4 is 6.21 Å². The maximum Gasteiger partial charge on any atom is 0.128 e. The highest BCUT2D eigenvalue weighted by Gasteiger charge is 2.39. The molecule has 1 aromatic carbocycles. The van der Waals surface area contributed by atoms with Crippen molar-refractivity contribution in [1.29, 1.82) is 0 Å². The second-order valence-electron chi connectivity index (χ2n) is 13.6. The number of unbranched alkanes of at least 4 members (excludes halogenated alkanes) is 1. The van der Waals surface area contributed by atoms with Gasteiger partial charge in [-0.05, 0) is 60.0 Å². The fraction of sp³-hybridized carbons (Fsp3) is 0.774. The Bertz CT molecular complexity index is 825. The number of rotatable bonds is 8. The summed E-state index contributed by atoms with van der Waals surface area (Å²) in [6, 6.07) is 4.36. The summed E-state index contributed by atoms with van der Waals surface area (Å²) in [4.78, 5) is 5.07. The van der Waals surface area contributed by atoms with Crippen molar-refractivity contribution in [2.75, 3.05) is 0 Å². The van der Waals surface area contributed by atoms with Gasteiger partial charge in [0.1, 0.15) is 5.75 Å². The van der Waals surface area contributed by atoms with Crippen LogP contribution < -0.4 is 0 Å². The first-order chi connectivity index (χ1) is 15.6. The van der Waals surface area contributed by atoms with Crippen LogP contribution in [0.2, 0.25) is 0 Å². The third-order valence-corrected chi connectivity index (χ3v) is 7.74. The van der Waals surface area contributed by atoms with Crippen molar-refractivity contribution in [1.82, 2.24) is 0 Å². The van der Waals surface area contributed by atoms with Crippen molar-refractivity contribution in [3.63, 3.8) is 0 Å². The lowest BCUT2D eigenvalue weighted by molar-refractivity contribution is -0.118. The second kappa shape index (κ2) is 11.1. The molecule has 194 valence electrons. The molecule has 1 aromatic rings. The molecular weight excluding hydrogens is 418 g/mol. The van der Waals surface area contributed by atoms with Crippen LogP contribution in [0, 0.1) is 11.3 Å². The van der Waals surface area contributed by atoms with E-state index in [2.05, 4.69) is 88.3 Å². The van der Waals surface area contributed by atoms with Gasteiger partial charge in [-0.3, -0.25) is 4.99 Å². The van der Waals surface area contributed by atoms with Crippen LogP contribution in [0.1, 0.15) is 131 Å². The Morgan fingerprint density at radius 2 is 1.79 bits per heavy atom. The number of benzene rings is 1. The highest BCUT2D eigenvalue weighted by atomic mass is 16.5. The number of ether oxygens (including phenoxy) is 1. The SMILES string of the molecule is CCCCC(N=Cc1cc(C(C)(C)C)cc(C(C)(C)C)c1O)C(C)OC1C(C)CCCC1(C)C. The van der Waals surface area contributed by atoms with Crippen LogP contribution >= 0.6 is 0 Å². The van der Waals surface area contributed by atoms with Crippen LogP contribution in [-0.2, 0) is 15.6 Å². The summed E-state index contributed by atoms with van der Waals surface area (Å²) in [6.07, 6.45) is 9.25. The fourth-order valence-corrected chi connectivity index (χ4v) is 5.36. The molecule has 4 unspecified atom stereocenters. The summed E-state index contributed by atoms with van der Waals surface area (Å²) in [7, 11) is 0. The van der Waals surface area contributed by atoms with Crippen molar-refractivity contribution in [3.05, 3.63) is 28.8 Å². The Kier molecular flexibility index (Phi) is 9.47. The number of hydrogen-bond acceptors (Lipinski definition) is 3. The lowest BCUT2D eigenvalue weighted by atomic mass is 9.70. The van der Waals surface area contributed by atoms with Gasteiger partial charge >= 0.3 is 0 Å². The van der Waals surface area contributed by atoms with Gasteiger partial charge in [-0.15, -0.1) is 0 Å². The van der Waals surface area contributed by atoms with Crippen molar-refractivity contribution in [2.24, 2.45) is 16.3 Å². The van der Waals surface area contributed by atoms with E-state index in [0.29, 0.717) is 11.7 Å². The quantitative estimate of drug-likeness (QED) is 0.386. The molecule has 1 aliphatic carbocycles. The van der Waals surface area contributed by atoms with Crippen molar-refractivity contribution < 1.29 is 9.84 Å². The largest absolute Gasteiger partial charge is 0.507 e. The smallest absolute Gasteiger partial charge is 0.128 e. The molecule has 0 heterocycles. The van der Waals surface area contributed by atoms with Crippen LogP contribution in [-0.4, -0.2) is 29.6 Å². The predicted octanol–water partition coefficient (Wildman–Crippen LogP) is 8.58. The average molecular weight is 472 g/mol. The maximum atomic E-state index is 11.2. The molecule has 1 aliphatic rings. The standard InChI is InChI=1S/C31H53NO2/c1-12-13-16-26(22(3)34-28-21(2)15-14-17-31(28,10)11)32-20-23-18-24(29(4,5)6)19-25(27(23)33)30(7,8)9/h18-22,26,28,33H,12-17H2,1-11H3. The first-order valence-corrected chi connectivity index (χ1v) is 13.6. The van der Waals surface area contributed by atoms with E-state index in [4.69, 9.17) is 9.73 Å². The van der Waals surface area contributed by atoms with Gasteiger partial charge in [-0.25, -0.2) is 0 Å². The lowest BCUT2D eigenvalue weighted by Crippen LogP contribution is -2.44. The zero-order valence-corrected chi connectivity index (χ0v) is 24.1. The van der Waals surface area contributed by atoms with Crippen LogP contribution in [0.4, 0.5) is 0 Å². The topological polar surface area (TPSA) is 41.8 Å². The van der Waals surface area contributed by atoms with Gasteiger partial charge in [0.25, 0.3) is 0 Å². The Morgan fingerprint density at radius 1 is 1.15 bits per heavy atom. The molecule has 1 fully saturated rings. The van der Waals surface area contributed by atoms with Crippen LogP contribution in [0.5, 0.6) is 5.75 Å². The lowest BCUT2D eigenvalue weighted by Gasteiger charge is -2.44. The molecule has 1 N–H and O–H groups in total. The second-order valence-corrected chi connectivity index (χ2v) is 13.6. The summed E-state index contributed by atoms with van der Waals surface area (Å²) in [6.45, 7) is 24.6. The first kappa shape index (κ1) is 28.9. The summed E-state index contributed by atoms with van der Waals surface area (Å²) in [5.41, 5.74) is 3.08. The van der Waals surface area contributed by atoms with Gasteiger partial charge in [0.05, 0.1) is 18.2 Å². The van der Waals surface area contributed by atoms with Gasteiger partial charge in [0.2, 0.25) is 0 Å². The van der Waals surface area contributed by atoms with E-state index >= 15 is 0 Å². The normalized spacial score (nSPS) is 23.3. The molecule has 0 aliphatic heterocycles. The molecule has 34 heavy (non-hydrogen) atoms. The van der Waals surface area contributed by atoms with Crippen LogP contribution in [0.25, 0.3) is 0 Å². The van der Waals surface area contributed by atoms with Gasteiger partial charge in [-0.1, -0.05) is 94.6 Å². The summed E-state index contributed by atoms with van der Waals surface area (Å²) in [5, 5.41) is 11.2. The molecule has 0 spiro atoms. The molecule has 0 saturated heterocycles. The molecule has 3 heteroatoms. The maximum absolute atomic E-state index is 11.2. The molecule has 2 rings (SSSR count). The van der Waals surface area contributed by atoms with Gasteiger partial charge < -0.3 is 9.84 Å². The minimum atomic E-state index is -0.144. The van der Waals surface area contributed by atoms with E-state index in [9.17, 15) is 5.11 Å². The van der Waals surface area contributed by atoms with E-state index in [-0.39, 0.29) is 34.5 Å². The molecular formula is C31H53NO2. The average Bonchev–Trinajstić information content (AvgIpc) is 2.69. The molecule has 0 bridgehead atoms. The number of nitrogens with zero attached hydrogens (tertiary/aromatic N) is 1. The van der Waals surface area contributed by atoms with Crippen LogP contribution in [0.15, 0.2) is 17.1 Å². The van der Waals surface area contributed by atoms with E-state index < -0.39 is 0 Å². The molecule has 0 amide bonds. The number of phenolic OH excluding ortho intramolecular Hbond substituents is 1. The zero-order chi connectivity index (χ0) is 25.9. The van der Waals surface area contributed by atoms with Crippen molar-refractivity contribution in [2.45, 2.75) is 144 Å². The molecule has 0 radical (unpaired) electrons. The molecule has 3 nitrogen and oxygen atoms in total. The minimum Gasteiger partial charge on any atom is -0.507 e. The van der Waals surface area contributed by atoms with Gasteiger partial charge in [-0.2, -0.15) is 0 Å². The zero-order valence-electron chi connectivity index (χ0n) is 24.1. The van der Waals surface area contributed by atoms with Crippen LogP contribution in [0.3, 0.4) is 0 Å².